The molecule has 1 aliphatic heterocycles. The molecule has 1 saturated heterocycles. The van der Waals surface area contributed by atoms with E-state index >= 15 is 0 Å². The molecule has 0 spiro atoms. The number of likely N-dealkylation sites (N-methyl/N-ethyl adjacent to an activating group) is 1. The molecule has 148 valence electrons. The number of nitrogens with zero attached hydrogens (tertiary/aromatic N) is 2. The minimum Gasteiger partial charge on any atom is -0.351 e. The van der Waals surface area contributed by atoms with Gasteiger partial charge in [-0.3, -0.25) is 10.2 Å². The Morgan fingerprint density at radius 2 is 1.75 bits per heavy atom. The smallest absolute Gasteiger partial charge is 0.351 e. The van der Waals surface area contributed by atoms with Crippen LogP contribution < -0.4 is 15.7 Å². The topological polar surface area (TPSA) is 73.9 Å². The summed E-state index contributed by atoms with van der Waals surface area (Å²) in [5.74, 6) is 0. The second-order valence-electron chi connectivity index (χ2n) is 7.27. The lowest BCUT2D eigenvalue weighted by Crippen LogP contribution is -2.65. The van der Waals surface area contributed by atoms with Gasteiger partial charge in [0.25, 0.3) is 0 Å². The van der Waals surface area contributed by atoms with Gasteiger partial charge in [0.1, 0.15) is 0 Å². The first-order valence-electron chi connectivity index (χ1n) is 8.80. The Kier molecular flexibility index (Phi) is 5.23. The van der Waals surface area contributed by atoms with Crippen molar-refractivity contribution in [3.05, 3.63) is 59.6 Å². The van der Waals surface area contributed by atoms with Gasteiger partial charge in [0.2, 0.25) is 0 Å². The lowest BCUT2D eigenvalue weighted by atomic mass is 9.89. The second-order valence-corrected chi connectivity index (χ2v) is 7.71. The fourth-order valence-corrected chi connectivity index (χ4v) is 3.34. The normalized spacial score (nSPS) is 21.0. The number of benzene rings is 2. The molecule has 28 heavy (non-hydrogen) atoms. The number of nitrogens with one attached hydrogen (secondary N) is 2. The van der Waals surface area contributed by atoms with Gasteiger partial charge < -0.3 is 9.74 Å². The van der Waals surface area contributed by atoms with Gasteiger partial charge in [-0.2, -0.15) is 0 Å². The number of carbonyl (C=O) groups excluding carboxylic acids is 2. The van der Waals surface area contributed by atoms with Crippen LogP contribution in [0.3, 0.4) is 0 Å². The third kappa shape index (κ3) is 3.39. The van der Waals surface area contributed by atoms with Crippen LogP contribution in [0.1, 0.15) is 20.8 Å². The SMILES string of the molecule is CN1C(=O)N(c2ccccc2)[C@](C)(NOC(=O)Nc2cccc(Cl)c2)C1(C)C. The lowest BCUT2D eigenvalue weighted by Gasteiger charge is -2.42. The Labute approximate surface area is 169 Å². The number of hydrogen-bond donors (Lipinski definition) is 2. The molecule has 0 bridgehead atoms. The monoisotopic (exact) mass is 402 g/mol. The first-order chi connectivity index (χ1) is 13.2. The molecule has 0 saturated carbocycles. The van der Waals surface area contributed by atoms with E-state index in [0.717, 1.165) is 0 Å². The average molecular weight is 403 g/mol. The molecule has 1 fully saturated rings. The van der Waals surface area contributed by atoms with Crippen molar-refractivity contribution < 1.29 is 14.4 Å². The number of anilines is 2. The van der Waals surface area contributed by atoms with Crippen LogP contribution in [-0.2, 0) is 4.84 Å². The zero-order valence-corrected chi connectivity index (χ0v) is 16.9. The predicted octanol–water partition coefficient (Wildman–Crippen LogP) is 4.46. The van der Waals surface area contributed by atoms with E-state index in [-0.39, 0.29) is 6.03 Å². The maximum atomic E-state index is 13.0. The summed E-state index contributed by atoms with van der Waals surface area (Å²) in [7, 11) is 1.72. The number of amides is 3. The van der Waals surface area contributed by atoms with Crippen LogP contribution in [0, 0.1) is 0 Å². The van der Waals surface area contributed by atoms with E-state index in [9.17, 15) is 9.59 Å². The zero-order valence-electron chi connectivity index (χ0n) is 16.2. The Morgan fingerprint density at radius 1 is 1.07 bits per heavy atom. The van der Waals surface area contributed by atoms with Crippen LogP contribution in [0.15, 0.2) is 54.6 Å². The molecule has 3 rings (SSSR count). The quantitative estimate of drug-likeness (QED) is 0.740. The molecule has 3 amide bonds. The highest BCUT2D eigenvalue weighted by Crippen LogP contribution is 2.41. The molecule has 1 heterocycles. The Hall–Kier alpha value is -2.77. The highest BCUT2D eigenvalue weighted by Gasteiger charge is 2.60. The van der Waals surface area contributed by atoms with Gasteiger partial charge in [-0.15, -0.1) is 5.48 Å². The van der Waals surface area contributed by atoms with Crippen LogP contribution in [0.5, 0.6) is 0 Å². The fraction of sp³-hybridized carbons (Fsp3) is 0.300. The van der Waals surface area contributed by atoms with Crippen molar-refractivity contribution >= 4 is 35.1 Å². The van der Waals surface area contributed by atoms with Gasteiger partial charge in [-0.25, -0.2) is 9.59 Å². The van der Waals surface area contributed by atoms with Crippen LogP contribution >= 0.6 is 11.6 Å². The molecule has 8 heteroatoms. The fourth-order valence-electron chi connectivity index (χ4n) is 3.15. The maximum absolute atomic E-state index is 13.0. The van der Waals surface area contributed by atoms with Crippen LogP contribution in [-0.4, -0.2) is 35.3 Å². The standard InChI is InChI=1S/C20H23ClN4O3/c1-19(2)20(3,23-28-17(26)22-15-10-8-9-14(21)13-15)25(18(27)24(19)4)16-11-6-5-7-12-16/h5-13,23H,1-4H3,(H,22,26)/t20-/m0/s1. The Morgan fingerprint density at radius 3 is 2.39 bits per heavy atom. The van der Waals surface area contributed by atoms with E-state index in [1.165, 1.54) is 0 Å². The molecule has 1 atom stereocenters. The number of hydrogen-bond acceptors (Lipinski definition) is 4. The molecule has 2 aromatic rings. The van der Waals surface area contributed by atoms with Crippen LogP contribution in [0.2, 0.25) is 5.02 Å². The average Bonchev–Trinajstić information content (AvgIpc) is 2.79. The number of hydroxylamine groups is 1. The number of para-hydroxylation sites is 1. The summed E-state index contributed by atoms with van der Waals surface area (Å²) in [6.07, 6.45) is -0.714. The largest absolute Gasteiger partial charge is 0.430 e. The molecule has 2 aromatic carbocycles. The molecule has 0 radical (unpaired) electrons. The third-order valence-corrected chi connectivity index (χ3v) is 5.62. The maximum Gasteiger partial charge on any atom is 0.430 e. The number of halogens is 1. The molecular weight excluding hydrogens is 380 g/mol. The van der Waals surface area contributed by atoms with Crippen LogP contribution in [0.4, 0.5) is 21.0 Å². The molecule has 2 N–H and O–H groups in total. The van der Waals surface area contributed by atoms with Gasteiger partial charge in [0, 0.05) is 23.4 Å². The van der Waals surface area contributed by atoms with Gasteiger partial charge in [0.15, 0.2) is 5.66 Å². The summed E-state index contributed by atoms with van der Waals surface area (Å²) >= 11 is 5.93. The van der Waals surface area contributed by atoms with Gasteiger partial charge in [0.05, 0.1) is 5.54 Å². The summed E-state index contributed by atoms with van der Waals surface area (Å²) < 4.78 is 0. The van der Waals surface area contributed by atoms with E-state index in [4.69, 9.17) is 16.4 Å². The summed E-state index contributed by atoms with van der Waals surface area (Å²) in [5.41, 5.74) is 2.30. The Balaban J connectivity index is 1.82. The van der Waals surface area contributed by atoms with Crippen molar-refractivity contribution in [1.29, 1.82) is 0 Å². The van der Waals surface area contributed by atoms with Crippen molar-refractivity contribution in [2.45, 2.75) is 32.0 Å². The van der Waals surface area contributed by atoms with E-state index in [1.807, 2.05) is 51.1 Å². The van der Waals surface area contributed by atoms with Crippen LogP contribution in [0.25, 0.3) is 0 Å². The van der Waals surface area contributed by atoms with Crippen molar-refractivity contribution in [3.63, 3.8) is 0 Å². The van der Waals surface area contributed by atoms with Crippen molar-refractivity contribution in [2.75, 3.05) is 17.3 Å². The molecule has 7 nitrogen and oxygen atoms in total. The Bertz CT molecular complexity index is 890. The summed E-state index contributed by atoms with van der Waals surface area (Å²) in [6, 6.07) is 15.8. The number of urea groups is 1. The molecule has 1 aliphatic rings. The lowest BCUT2D eigenvalue weighted by molar-refractivity contribution is 0.00468. The van der Waals surface area contributed by atoms with E-state index in [1.54, 1.807) is 41.1 Å². The molecule has 0 unspecified atom stereocenters. The van der Waals surface area contributed by atoms with Crippen molar-refractivity contribution in [2.24, 2.45) is 0 Å². The summed E-state index contributed by atoms with van der Waals surface area (Å²) in [6.45, 7) is 5.62. The van der Waals surface area contributed by atoms with E-state index in [0.29, 0.717) is 16.4 Å². The highest BCUT2D eigenvalue weighted by atomic mass is 35.5. The molecule has 0 aromatic heterocycles. The third-order valence-electron chi connectivity index (χ3n) is 5.38. The van der Waals surface area contributed by atoms with Gasteiger partial charge in [-0.1, -0.05) is 35.9 Å². The number of rotatable bonds is 4. The first-order valence-corrected chi connectivity index (χ1v) is 9.18. The number of carbonyl (C=O) groups is 2. The van der Waals surface area contributed by atoms with Crippen molar-refractivity contribution in [1.82, 2.24) is 10.4 Å². The van der Waals surface area contributed by atoms with E-state index in [2.05, 4.69) is 10.8 Å². The second kappa shape index (κ2) is 7.33. The van der Waals surface area contributed by atoms with Gasteiger partial charge in [-0.05, 0) is 51.1 Å². The first kappa shape index (κ1) is 20.0. The highest BCUT2D eigenvalue weighted by molar-refractivity contribution is 6.30. The predicted molar refractivity (Wildman–Crippen MR) is 109 cm³/mol. The van der Waals surface area contributed by atoms with E-state index < -0.39 is 17.3 Å². The summed E-state index contributed by atoms with van der Waals surface area (Å²) in [4.78, 5) is 33.7. The minimum absolute atomic E-state index is 0.204. The molecule has 0 aliphatic carbocycles. The zero-order chi connectivity index (χ0) is 20.5. The van der Waals surface area contributed by atoms with Crippen molar-refractivity contribution in [3.8, 4) is 0 Å². The van der Waals surface area contributed by atoms with Gasteiger partial charge >= 0.3 is 12.1 Å². The minimum atomic E-state index is -1.02. The summed E-state index contributed by atoms with van der Waals surface area (Å²) in [5, 5.41) is 3.10. The molecular formula is C20H23ClN4O3.